The van der Waals surface area contributed by atoms with E-state index in [2.05, 4.69) is 39.4 Å². The van der Waals surface area contributed by atoms with Gasteiger partial charge in [0.05, 0.1) is 5.92 Å². The molecule has 2 heterocycles. The number of aliphatic hydroxyl groups is 1. The number of carbonyl (C=O) groups excluding carboxylic acids is 2. The van der Waals surface area contributed by atoms with Crippen LogP contribution in [0.25, 0.3) is 0 Å². The van der Waals surface area contributed by atoms with Gasteiger partial charge in [0.2, 0.25) is 5.91 Å². The molecule has 1 amide bonds. The van der Waals surface area contributed by atoms with Crippen LogP contribution in [-0.4, -0.2) is 54.3 Å². The Balaban J connectivity index is 1.40. The summed E-state index contributed by atoms with van der Waals surface area (Å²) in [4.78, 5) is 28.5. The number of nitrogens with one attached hydrogen (secondary N) is 1. The summed E-state index contributed by atoms with van der Waals surface area (Å²) >= 11 is 0. The number of benzene rings is 2. The second-order valence-corrected chi connectivity index (χ2v) is 8.38. The Morgan fingerprint density at radius 1 is 1.10 bits per heavy atom. The van der Waals surface area contributed by atoms with Crippen LogP contribution in [0.3, 0.4) is 0 Å². The first-order valence-corrected chi connectivity index (χ1v) is 10.7. The van der Waals surface area contributed by atoms with Gasteiger partial charge in [-0.1, -0.05) is 49.4 Å². The Bertz CT molecular complexity index is 926. The van der Waals surface area contributed by atoms with Crippen molar-refractivity contribution in [1.82, 2.24) is 10.2 Å². The smallest absolute Gasteiger partial charge is 0.345 e. The van der Waals surface area contributed by atoms with E-state index in [1.54, 1.807) is 19.1 Å². The van der Waals surface area contributed by atoms with E-state index in [0.717, 1.165) is 38.4 Å². The molecular formula is C24H29N3O4. The van der Waals surface area contributed by atoms with Crippen molar-refractivity contribution >= 4 is 17.6 Å². The summed E-state index contributed by atoms with van der Waals surface area (Å²) < 4.78 is 5.22. The van der Waals surface area contributed by atoms with Crippen molar-refractivity contribution in [3.63, 3.8) is 0 Å². The fraction of sp³-hybridized carbons (Fsp3) is 0.417. The molecule has 2 unspecified atom stereocenters. The molecule has 2 aliphatic heterocycles. The van der Waals surface area contributed by atoms with E-state index < -0.39 is 23.7 Å². The molecule has 164 valence electrons. The normalized spacial score (nSPS) is 26.5. The molecule has 0 aromatic heterocycles. The summed E-state index contributed by atoms with van der Waals surface area (Å²) in [7, 11) is 0. The van der Waals surface area contributed by atoms with Crippen molar-refractivity contribution < 1.29 is 19.4 Å². The van der Waals surface area contributed by atoms with Gasteiger partial charge >= 0.3 is 5.97 Å². The summed E-state index contributed by atoms with van der Waals surface area (Å²) in [5, 5.41) is 13.7. The molecule has 2 fully saturated rings. The highest BCUT2D eigenvalue weighted by Crippen LogP contribution is 2.40. The van der Waals surface area contributed by atoms with E-state index >= 15 is 0 Å². The van der Waals surface area contributed by atoms with Gasteiger partial charge in [-0.15, -0.1) is 0 Å². The second kappa shape index (κ2) is 8.69. The molecule has 3 atom stereocenters. The van der Waals surface area contributed by atoms with Gasteiger partial charge in [0.25, 0.3) is 0 Å². The molecule has 0 spiro atoms. The summed E-state index contributed by atoms with van der Waals surface area (Å²) in [6.45, 7) is 7.79. The summed E-state index contributed by atoms with van der Waals surface area (Å²) in [5.41, 5.74) is 1.08. The number of ether oxygens (including phenoxy) is 1. The first kappa shape index (κ1) is 21.3. The van der Waals surface area contributed by atoms with Crippen LogP contribution < -0.4 is 10.2 Å². The lowest BCUT2D eigenvalue weighted by Gasteiger charge is -2.36. The zero-order valence-electron chi connectivity index (χ0n) is 18.0. The van der Waals surface area contributed by atoms with Crippen LogP contribution in [-0.2, 0) is 26.5 Å². The number of cyclic esters (lactones) is 1. The molecule has 7 heteroatoms. The highest BCUT2D eigenvalue weighted by molar-refractivity contribution is 5.85. The van der Waals surface area contributed by atoms with E-state index in [9.17, 15) is 14.7 Å². The Labute approximate surface area is 182 Å². The number of rotatable bonds is 5. The molecule has 7 nitrogen and oxygen atoms in total. The monoisotopic (exact) mass is 423 g/mol. The summed E-state index contributed by atoms with van der Waals surface area (Å²) in [6, 6.07) is 17.9. The second-order valence-electron chi connectivity index (χ2n) is 8.38. The Morgan fingerprint density at radius 3 is 2.35 bits per heavy atom. The zero-order chi connectivity index (χ0) is 22.0. The lowest BCUT2D eigenvalue weighted by molar-refractivity contribution is -0.157. The predicted octanol–water partition coefficient (Wildman–Crippen LogP) is 1.85. The number of anilines is 1. The Morgan fingerprint density at radius 2 is 1.74 bits per heavy atom. The molecule has 31 heavy (non-hydrogen) atoms. The number of amides is 1. The minimum atomic E-state index is -1.78. The summed E-state index contributed by atoms with van der Waals surface area (Å²) in [6.07, 6.45) is -0.840. The van der Waals surface area contributed by atoms with Crippen LogP contribution in [0.15, 0.2) is 54.6 Å². The van der Waals surface area contributed by atoms with Crippen molar-refractivity contribution in [2.45, 2.75) is 32.2 Å². The minimum Gasteiger partial charge on any atom is -0.439 e. The van der Waals surface area contributed by atoms with Crippen molar-refractivity contribution in [2.75, 3.05) is 31.1 Å². The third kappa shape index (κ3) is 4.29. The van der Waals surface area contributed by atoms with Crippen LogP contribution in [0.2, 0.25) is 0 Å². The number of nitrogens with zero attached hydrogens (tertiary/aromatic N) is 2. The quantitative estimate of drug-likeness (QED) is 0.715. The largest absolute Gasteiger partial charge is 0.439 e. The molecule has 0 saturated carbocycles. The molecule has 2 saturated heterocycles. The number of hydrogen-bond acceptors (Lipinski definition) is 6. The van der Waals surface area contributed by atoms with Gasteiger partial charge < -0.3 is 20.1 Å². The van der Waals surface area contributed by atoms with Crippen molar-refractivity contribution in [3.8, 4) is 0 Å². The fourth-order valence-electron chi connectivity index (χ4n) is 4.38. The van der Waals surface area contributed by atoms with Crippen LogP contribution in [0, 0.1) is 5.92 Å². The lowest BCUT2D eigenvalue weighted by atomic mass is 9.83. The molecule has 2 aliphatic rings. The molecule has 0 aliphatic carbocycles. The van der Waals surface area contributed by atoms with Gasteiger partial charge in [0, 0.05) is 45.3 Å². The molecule has 4 rings (SSSR count). The average molecular weight is 424 g/mol. The van der Waals surface area contributed by atoms with Crippen LogP contribution in [0.5, 0.6) is 0 Å². The molecule has 0 radical (unpaired) electrons. The fourth-order valence-corrected chi connectivity index (χ4v) is 4.38. The van der Waals surface area contributed by atoms with Crippen LogP contribution in [0.1, 0.15) is 25.0 Å². The van der Waals surface area contributed by atoms with Gasteiger partial charge in [0.15, 0.2) is 11.8 Å². The standard InChI is InChI=1S/C24H29N3O4/c1-17-22(25-18(2)28)31-23(29)24(17,30)20-8-10-21(11-9-20)27-14-12-26(13-15-27)16-19-6-4-3-5-7-19/h3-11,17,22,30H,12-16H2,1-2H3,(H,25,28)/t17?,22-,24?/m1/s1. The van der Waals surface area contributed by atoms with Gasteiger partial charge in [-0.2, -0.15) is 0 Å². The Hall–Kier alpha value is -2.90. The first-order valence-electron chi connectivity index (χ1n) is 10.7. The van der Waals surface area contributed by atoms with Crippen molar-refractivity contribution in [3.05, 3.63) is 65.7 Å². The zero-order valence-corrected chi connectivity index (χ0v) is 18.0. The highest BCUT2D eigenvalue weighted by Gasteiger charge is 2.55. The third-order valence-electron chi connectivity index (χ3n) is 6.30. The molecule has 2 aromatic rings. The number of carbonyl (C=O) groups is 2. The van der Waals surface area contributed by atoms with Gasteiger partial charge in [-0.05, 0) is 23.3 Å². The van der Waals surface area contributed by atoms with E-state index in [-0.39, 0.29) is 5.91 Å². The van der Waals surface area contributed by atoms with E-state index in [0.29, 0.717) is 5.56 Å². The number of hydrogen-bond donors (Lipinski definition) is 2. The first-order chi connectivity index (χ1) is 14.9. The topological polar surface area (TPSA) is 82.1 Å². The van der Waals surface area contributed by atoms with Crippen LogP contribution in [0.4, 0.5) is 5.69 Å². The number of esters is 1. The van der Waals surface area contributed by atoms with Crippen molar-refractivity contribution in [1.29, 1.82) is 0 Å². The van der Waals surface area contributed by atoms with E-state index in [4.69, 9.17) is 4.74 Å². The van der Waals surface area contributed by atoms with E-state index in [1.165, 1.54) is 12.5 Å². The highest BCUT2D eigenvalue weighted by atomic mass is 16.6. The molecule has 0 bridgehead atoms. The molecule has 2 N–H and O–H groups in total. The van der Waals surface area contributed by atoms with E-state index in [1.807, 2.05) is 18.2 Å². The van der Waals surface area contributed by atoms with Gasteiger partial charge in [-0.25, -0.2) is 4.79 Å². The van der Waals surface area contributed by atoms with Crippen LogP contribution >= 0.6 is 0 Å². The summed E-state index contributed by atoms with van der Waals surface area (Å²) in [5.74, 6) is -1.65. The third-order valence-corrected chi connectivity index (χ3v) is 6.30. The van der Waals surface area contributed by atoms with Crippen molar-refractivity contribution in [2.24, 2.45) is 5.92 Å². The average Bonchev–Trinajstić information content (AvgIpc) is 2.99. The molecule has 2 aromatic carbocycles. The lowest BCUT2D eigenvalue weighted by Crippen LogP contribution is -2.46. The van der Waals surface area contributed by atoms with Gasteiger partial charge in [-0.3, -0.25) is 9.69 Å². The van der Waals surface area contributed by atoms with Gasteiger partial charge in [0.1, 0.15) is 0 Å². The number of piperazine rings is 1. The Kier molecular flexibility index (Phi) is 5.98. The molecular weight excluding hydrogens is 394 g/mol. The maximum Gasteiger partial charge on any atom is 0.345 e. The predicted molar refractivity (Wildman–Crippen MR) is 117 cm³/mol. The maximum absolute atomic E-state index is 12.4. The maximum atomic E-state index is 12.4. The minimum absolute atomic E-state index is 0.310. The SMILES string of the molecule is CC(=O)N[C@@H]1OC(=O)C(O)(c2ccc(N3CCN(Cc4ccccc4)CC3)cc2)C1C.